The molecule has 0 saturated heterocycles. The topological polar surface area (TPSA) is 102 Å². The number of hydrogen-bond donors (Lipinski definition) is 2. The van der Waals surface area contributed by atoms with Crippen molar-refractivity contribution in [2.24, 2.45) is 0 Å². The molecule has 1 amide bonds. The quantitative estimate of drug-likeness (QED) is 0.690. The Morgan fingerprint density at radius 3 is 2.63 bits per heavy atom. The predicted molar refractivity (Wildman–Crippen MR) is 104 cm³/mol. The summed E-state index contributed by atoms with van der Waals surface area (Å²) in [4.78, 5) is 14.6. The molecule has 3 rings (SSSR count). The number of aromatic nitrogens is 3. The third-order valence-corrected chi connectivity index (χ3v) is 4.32. The van der Waals surface area contributed by atoms with Crippen molar-refractivity contribution in [1.82, 2.24) is 25.2 Å². The fourth-order valence-electron chi connectivity index (χ4n) is 2.98. The Morgan fingerprint density at radius 2 is 1.96 bits per heavy atom. The van der Waals surface area contributed by atoms with Gasteiger partial charge in [-0.05, 0) is 40.1 Å². The number of para-hydroxylation sites is 1. The smallest absolute Gasteiger partial charge is 0.259 e. The monoisotopic (exact) mass is 368 g/mol. The molecule has 0 atom stereocenters. The van der Waals surface area contributed by atoms with Crippen molar-refractivity contribution < 1.29 is 9.32 Å². The minimum atomic E-state index is -0.308. The number of hydrogen-bond acceptors (Lipinski definition) is 6. The van der Waals surface area contributed by atoms with Gasteiger partial charge in [0.2, 0.25) is 5.88 Å². The molecule has 2 aromatic heterocycles. The lowest BCUT2D eigenvalue weighted by Crippen LogP contribution is -2.31. The molecule has 0 aliphatic rings. The molecule has 0 radical (unpaired) electrons. The lowest BCUT2D eigenvalue weighted by atomic mass is 10.1. The molecule has 3 aromatic rings. The highest BCUT2D eigenvalue weighted by Crippen LogP contribution is 2.33. The highest BCUT2D eigenvalue weighted by atomic mass is 16.5. The van der Waals surface area contributed by atoms with Crippen molar-refractivity contribution in [3.8, 4) is 16.9 Å². The largest absolute Gasteiger partial charge is 0.367 e. The van der Waals surface area contributed by atoms with Gasteiger partial charge in [0, 0.05) is 18.7 Å². The van der Waals surface area contributed by atoms with E-state index >= 15 is 0 Å². The lowest BCUT2D eigenvalue weighted by Gasteiger charge is -2.10. The highest BCUT2D eigenvalue weighted by molar-refractivity contribution is 6.04. The van der Waals surface area contributed by atoms with Crippen molar-refractivity contribution in [3.63, 3.8) is 0 Å². The Morgan fingerprint density at radius 1 is 1.26 bits per heavy atom. The second-order valence-electron chi connectivity index (χ2n) is 6.62. The van der Waals surface area contributed by atoms with Crippen LogP contribution in [0, 0.1) is 13.8 Å². The number of rotatable bonds is 6. The van der Waals surface area contributed by atoms with Gasteiger partial charge in [0.1, 0.15) is 11.3 Å². The van der Waals surface area contributed by atoms with Crippen molar-refractivity contribution in [1.29, 1.82) is 0 Å². The summed E-state index contributed by atoms with van der Waals surface area (Å²) in [6, 6.07) is 9.78. The van der Waals surface area contributed by atoms with Gasteiger partial charge in [-0.3, -0.25) is 4.79 Å². The Kier molecular flexibility index (Phi) is 5.27. The molecule has 27 heavy (non-hydrogen) atoms. The normalized spacial score (nSPS) is 11.1. The summed E-state index contributed by atoms with van der Waals surface area (Å²) in [7, 11) is 3.88. The minimum Gasteiger partial charge on any atom is -0.367 e. The SMILES string of the molecule is Cc1nn(-c2ccccc2)c(C)c1-c1noc(N)c1C(=O)NCCN(C)C. The molecule has 1 aromatic carbocycles. The zero-order valence-corrected chi connectivity index (χ0v) is 16.0. The molecule has 0 aliphatic carbocycles. The third kappa shape index (κ3) is 3.70. The van der Waals surface area contributed by atoms with E-state index in [1.54, 1.807) is 0 Å². The zero-order valence-electron chi connectivity index (χ0n) is 16.0. The first-order chi connectivity index (χ1) is 12.9. The van der Waals surface area contributed by atoms with Crippen molar-refractivity contribution in [2.75, 3.05) is 32.9 Å². The van der Waals surface area contributed by atoms with Crippen LogP contribution in [0.2, 0.25) is 0 Å². The van der Waals surface area contributed by atoms with Gasteiger partial charge in [0.15, 0.2) is 0 Å². The van der Waals surface area contributed by atoms with Gasteiger partial charge in [0.05, 0.1) is 17.1 Å². The van der Waals surface area contributed by atoms with Crippen molar-refractivity contribution in [2.45, 2.75) is 13.8 Å². The molecule has 8 nitrogen and oxygen atoms in total. The molecule has 142 valence electrons. The number of amides is 1. The number of carbonyl (C=O) groups is 1. The van der Waals surface area contributed by atoms with Gasteiger partial charge in [0.25, 0.3) is 5.91 Å². The third-order valence-electron chi connectivity index (χ3n) is 4.32. The molecule has 0 unspecified atom stereocenters. The Labute approximate surface area is 157 Å². The van der Waals surface area contributed by atoms with Crippen LogP contribution in [0.15, 0.2) is 34.9 Å². The predicted octanol–water partition coefficient (Wildman–Crippen LogP) is 2.02. The van der Waals surface area contributed by atoms with Gasteiger partial charge >= 0.3 is 0 Å². The maximum atomic E-state index is 12.7. The van der Waals surface area contributed by atoms with Gasteiger partial charge in [-0.25, -0.2) is 4.68 Å². The maximum Gasteiger partial charge on any atom is 0.259 e. The van der Waals surface area contributed by atoms with E-state index in [0.717, 1.165) is 29.2 Å². The second kappa shape index (κ2) is 7.63. The van der Waals surface area contributed by atoms with Crippen LogP contribution in [0.25, 0.3) is 16.9 Å². The molecular weight excluding hydrogens is 344 g/mol. The number of likely N-dealkylation sites (N-methyl/N-ethyl adjacent to an activating group) is 1. The van der Waals surface area contributed by atoms with Crippen LogP contribution in [-0.2, 0) is 0 Å². The first kappa shape index (κ1) is 18.7. The van der Waals surface area contributed by atoms with Crippen molar-refractivity contribution >= 4 is 11.8 Å². The van der Waals surface area contributed by atoms with Crippen LogP contribution < -0.4 is 11.1 Å². The summed E-state index contributed by atoms with van der Waals surface area (Å²) in [5.41, 5.74) is 9.83. The summed E-state index contributed by atoms with van der Waals surface area (Å²) in [5.74, 6) is -0.310. The second-order valence-corrected chi connectivity index (χ2v) is 6.62. The van der Waals surface area contributed by atoms with Crippen LogP contribution in [0.3, 0.4) is 0 Å². The number of nitrogens with two attached hydrogens (primary N) is 1. The standard InChI is InChI=1S/C19H24N6O2/c1-12-15(13(2)25(22-12)14-8-6-5-7-9-14)17-16(18(20)27-23-17)19(26)21-10-11-24(3)4/h5-9H,10-11,20H2,1-4H3,(H,21,26). The summed E-state index contributed by atoms with van der Waals surface area (Å²) in [6.45, 7) is 5.02. The van der Waals surface area contributed by atoms with Crippen molar-refractivity contribution in [3.05, 3.63) is 47.3 Å². The number of nitrogen functional groups attached to an aromatic ring is 1. The van der Waals surface area contributed by atoms with E-state index in [1.807, 2.05) is 67.9 Å². The van der Waals surface area contributed by atoms with Crippen LogP contribution in [0.1, 0.15) is 21.7 Å². The van der Waals surface area contributed by atoms with Gasteiger partial charge < -0.3 is 20.5 Å². The van der Waals surface area contributed by atoms with E-state index < -0.39 is 0 Å². The summed E-state index contributed by atoms with van der Waals surface area (Å²) in [5, 5.41) is 11.5. The van der Waals surface area contributed by atoms with E-state index in [1.165, 1.54) is 0 Å². The van der Waals surface area contributed by atoms with Gasteiger partial charge in [-0.2, -0.15) is 5.10 Å². The molecule has 0 fully saturated rings. The number of carbonyl (C=O) groups excluding carboxylic acids is 1. The van der Waals surface area contributed by atoms with Gasteiger partial charge in [-0.1, -0.05) is 23.4 Å². The van der Waals surface area contributed by atoms with Crippen LogP contribution in [-0.4, -0.2) is 52.9 Å². The number of benzene rings is 1. The molecule has 0 aliphatic heterocycles. The highest BCUT2D eigenvalue weighted by Gasteiger charge is 2.27. The Balaban J connectivity index is 1.99. The first-order valence-corrected chi connectivity index (χ1v) is 8.70. The van der Waals surface area contributed by atoms with Crippen LogP contribution in [0.5, 0.6) is 0 Å². The Hall–Kier alpha value is -3.13. The van der Waals surface area contributed by atoms with E-state index in [2.05, 4.69) is 15.6 Å². The summed E-state index contributed by atoms with van der Waals surface area (Å²) in [6.07, 6.45) is 0. The molecule has 0 spiro atoms. The molecule has 0 bridgehead atoms. The number of aryl methyl sites for hydroxylation is 1. The minimum absolute atomic E-state index is 0.00128. The molecule has 0 saturated carbocycles. The van der Waals surface area contributed by atoms with Gasteiger partial charge in [-0.15, -0.1) is 0 Å². The first-order valence-electron chi connectivity index (χ1n) is 8.70. The number of nitrogens with zero attached hydrogens (tertiary/aromatic N) is 4. The summed E-state index contributed by atoms with van der Waals surface area (Å²) >= 11 is 0. The van der Waals surface area contributed by atoms with E-state index in [0.29, 0.717) is 12.2 Å². The zero-order chi connectivity index (χ0) is 19.6. The average Bonchev–Trinajstić information content (AvgIpc) is 3.14. The molecule has 3 N–H and O–H groups in total. The van der Waals surface area contributed by atoms with E-state index in [4.69, 9.17) is 10.3 Å². The average molecular weight is 368 g/mol. The van der Waals surface area contributed by atoms with Crippen LogP contribution in [0.4, 0.5) is 5.88 Å². The molecule has 8 heteroatoms. The fraction of sp³-hybridized carbons (Fsp3) is 0.316. The van der Waals surface area contributed by atoms with E-state index in [9.17, 15) is 4.79 Å². The lowest BCUT2D eigenvalue weighted by molar-refractivity contribution is 0.0952. The number of anilines is 1. The Bertz CT molecular complexity index is 943. The maximum absolute atomic E-state index is 12.7. The summed E-state index contributed by atoms with van der Waals surface area (Å²) < 4.78 is 6.97. The van der Waals surface area contributed by atoms with Crippen LogP contribution >= 0.6 is 0 Å². The molecule has 2 heterocycles. The van der Waals surface area contributed by atoms with E-state index in [-0.39, 0.29) is 17.4 Å². The number of nitrogens with one attached hydrogen (secondary N) is 1. The molecular formula is C19H24N6O2. The fourth-order valence-corrected chi connectivity index (χ4v) is 2.98.